The third kappa shape index (κ3) is 8.11. The van der Waals surface area contributed by atoms with E-state index in [0.717, 1.165) is 62.3 Å². The summed E-state index contributed by atoms with van der Waals surface area (Å²) in [6.45, 7) is 8.43. The zero-order chi connectivity index (χ0) is 52.1. The van der Waals surface area contributed by atoms with Gasteiger partial charge in [-0.25, -0.2) is 11.1 Å². The largest absolute Gasteiger partial charge is 2.00 e. The van der Waals surface area contributed by atoms with E-state index in [1.807, 2.05) is 12.1 Å². The maximum Gasteiger partial charge on any atom is 2.00 e. The van der Waals surface area contributed by atoms with Crippen molar-refractivity contribution < 1.29 is 48.7 Å². The first kappa shape index (κ1) is 50.4. The van der Waals surface area contributed by atoms with Crippen molar-refractivity contribution in [2.24, 2.45) is 0 Å². The molecule has 0 saturated heterocycles. The average molecular weight is 1240 g/mol. The van der Waals surface area contributed by atoms with Crippen molar-refractivity contribution in [3.63, 3.8) is 0 Å². The van der Waals surface area contributed by atoms with Crippen molar-refractivity contribution in [1.82, 2.24) is 0 Å². The Morgan fingerprint density at radius 1 is 0.468 bits per heavy atom. The molecule has 0 heterocycles. The van der Waals surface area contributed by atoms with Crippen LogP contribution >= 0.6 is 0 Å². The SMILES string of the molecule is Cc1ccc(N(c2[c-]c(-c3[c-]c(C(F)(F)F)ccc3)ccc2)c2ccc3c(c2)C2(c4cc(N(c5ccc(C)cc5)c5cccc6c5Cc5c(CCF)cccc5-6)ccc4-3)c3ccccc3C(C)(C)c3ccccc32)cc1.[U+2]. The second-order valence-electron chi connectivity index (χ2n) is 21.1. The van der Waals surface area contributed by atoms with Crippen LogP contribution < -0.4 is 9.80 Å². The summed E-state index contributed by atoms with van der Waals surface area (Å²) in [4.78, 5) is 4.57. The first-order chi connectivity index (χ1) is 36.8. The number of alkyl halides is 4. The van der Waals surface area contributed by atoms with Crippen molar-refractivity contribution in [2.75, 3.05) is 16.5 Å². The van der Waals surface area contributed by atoms with Gasteiger partial charge in [0.05, 0.1) is 17.8 Å². The van der Waals surface area contributed by atoms with Crippen LogP contribution in [0, 0.1) is 57.1 Å². The topological polar surface area (TPSA) is 6.48 Å². The zero-order valence-corrected chi connectivity index (χ0v) is 47.3. The van der Waals surface area contributed by atoms with Gasteiger partial charge in [-0.05, 0) is 152 Å². The first-order valence-corrected chi connectivity index (χ1v) is 26.0. The minimum Gasteiger partial charge on any atom is -0.329 e. The van der Waals surface area contributed by atoms with Crippen molar-refractivity contribution in [2.45, 2.75) is 57.5 Å². The van der Waals surface area contributed by atoms with Crippen LogP contribution in [-0.4, -0.2) is 6.67 Å². The maximum absolute atomic E-state index is 14.0. The second-order valence-corrected chi connectivity index (χ2v) is 21.1. The summed E-state index contributed by atoms with van der Waals surface area (Å²) in [5.74, 6) is 0. The molecule has 0 aromatic heterocycles. The van der Waals surface area contributed by atoms with Gasteiger partial charge in [0.25, 0.3) is 0 Å². The van der Waals surface area contributed by atoms with Gasteiger partial charge in [-0.3, -0.25) is 4.39 Å². The fraction of sp³-hybridized carbons (Fsp3) is 0.143. The number of nitrogens with zero attached hydrogens (tertiary/aromatic N) is 2. The molecule has 10 aromatic carbocycles. The maximum atomic E-state index is 14.0. The fourth-order valence-electron chi connectivity index (χ4n) is 12.8. The Morgan fingerprint density at radius 3 is 1.55 bits per heavy atom. The molecule has 1 spiro atoms. The minimum absolute atomic E-state index is 0. The monoisotopic (exact) mass is 1230 g/mol. The van der Waals surface area contributed by atoms with Crippen molar-refractivity contribution in [3.8, 4) is 33.4 Å². The molecule has 0 bridgehead atoms. The van der Waals surface area contributed by atoms with Gasteiger partial charge in [0.2, 0.25) is 0 Å². The molecular formula is C70H52F4N2U. The molecule has 7 heteroatoms. The molecule has 3 aliphatic carbocycles. The number of aryl methyl sites for hydroxylation is 3. The van der Waals surface area contributed by atoms with Gasteiger partial charge in [0.15, 0.2) is 0 Å². The van der Waals surface area contributed by atoms with Gasteiger partial charge in [-0.2, -0.15) is 49.6 Å². The van der Waals surface area contributed by atoms with E-state index < -0.39 is 23.8 Å². The molecule has 77 heavy (non-hydrogen) atoms. The Kier molecular flexibility index (Phi) is 12.6. The smallest absolute Gasteiger partial charge is 0.329 e. The van der Waals surface area contributed by atoms with Crippen molar-refractivity contribution in [3.05, 3.63) is 285 Å². The molecule has 0 fully saturated rings. The van der Waals surface area contributed by atoms with Crippen LogP contribution in [0.1, 0.15) is 80.6 Å². The van der Waals surface area contributed by atoms with Crippen LogP contribution in [0.15, 0.2) is 206 Å². The molecule has 2 nitrogen and oxygen atoms in total. The number of fused-ring (bicyclic) bond motifs is 12. The van der Waals surface area contributed by atoms with Crippen LogP contribution in [0.5, 0.6) is 0 Å². The van der Waals surface area contributed by atoms with E-state index in [4.69, 9.17) is 0 Å². The number of hydrogen-bond acceptors (Lipinski definition) is 2. The van der Waals surface area contributed by atoms with E-state index in [1.54, 1.807) is 12.1 Å². The molecule has 10 aromatic rings. The minimum atomic E-state index is -4.54. The Morgan fingerprint density at radius 2 is 0.961 bits per heavy atom. The predicted octanol–water partition coefficient (Wildman–Crippen LogP) is 18.6. The van der Waals surface area contributed by atoms with Gasteiger partial charge in [-0.1, -0.05) is 140 Å². The van der Waals surface area contributed by atoms with Gasteiger partial charge in [0.1, 0.15) is 0 Å². The van der Waals surface area contributed by atoms with Gasteiger partial charge >= 0.3 is 37.3 Å². The summed E-state index contributed by atoms with van der Waals surface area (Å²) >= 11 is 0. The molecule has 0 radical (unpaired) electrons. The molecule has 0 N–H and O–H groups in total. The standard InChI is InChI=1S/C70H52F4N2.U/c1-44-25-29-50(30-26-44)75(52-17-10-15-48(40-52)47-14-9-16-49(39-47)70(72,73)74)53-33-35-57-58-36-34-54(42-66(58)69(65(57)41-53)63-22-7-5-20-61(63)68(3,4)62-21-6-8-23-64(62)69)76(51-31-27-45(2)28-32-51)67-24-12-19-56-55-18-11-13-46(37-38-71)59(55)43-60(56)67;/h5-36,41-42H,37-38,43H2,1-4H3;/q-2;+2. The normalized spacial score (nSPS) is 13.9. The van der Waals surface area contributed by atoms with E-state index in [-0.39, 0.29) is 36.5 Å². The third-order valence-electron chi connectivity index (χ3n) is 16.3. The molecular weight excluding hydrogens is 1180 g/mol. The molecule has 0 saturated carbocycles. The van der Waals surface area contributed by atoms with Crippen LogP contribution in [0.3, 0.4) is 0 Å². The second kappa shape index (κ2) is 19.2. The van der Waals surface area contributed by atoms with Crippen LogP contribution in [0.4, 0.5) is 51.7 Å². The Balaban J connectivity index is 0.00000596. The summed E-state index contributed by atoms with van der Waals surface area (Å²) in [5, 5.41) is 0. The van der Waals surface area contributed by atoms with Crippen molar-refractivity contribution >= 4 is 34.1 Å². The van der Waals surface area contributed by atoms with Gasteiger partial charge in [-0.15, -0.1) is 12.1 Å². The number of rotatable bonds is 9. The molecule has 374 valence electrons. The first-order valence-electron chi connectivity index (χ1n) is 26.0. The Hall–Kier alpha value is -7.43. The van der Waals surface area contributed by atoms with Crippen LogP contribution in [0.2, 0.25) is 0 Å². The Labute approximate surface area is 472 Å². The summed E-state index contributed by atoms with van der Waals surface area (Å²) in [6, 6.07) is 77.6. The van der Waals surface area contributed by atoms with Gasteiger partial charge in [0, 0.05) is 41.0 Å². The summed E-state index contributed by atoms with van der Waals surface area (Å²) in [6.07, 6.45) is -3.45. The fourth-order valence-corrected chi connectivity index (χ4v) is 12.8. The van der Waals surface area contributed by atoms with E-state index in [9.17, 15) is 17.6 Å². The number of halogens is 4. The van der Waals surface area contributed by atoms with Crippen molar-refractivity contribution in [1.29, 1.82) is 0 Å². The van der Waals surface area contributed by atoms with E-state index in [2.05, 4.69) is 219 Å². The average Bonchev–Trinajstić information content (AvgIpc) is 4.06. The summed E-state index contributed by atoms with van der Waals surface area (Å²) in [5.41, 5.74) is 21.9. The molecule has 0 unspecified atom stereocenters. The number of anilines is 6. The Bertz CT molecular complexity index is 3880. The molecule has 0 aliphatic heterocycles. The van der Waals surface area contributed by atoms with E-state index in [1.165, 1.54) is 61.7 Å². The van der Waals surface area contributed by atoms with Gasteiger partial charge < -0.3 is 9.80 Å². The molecule has 0 amide bonds. The van der Waals surface area contributed by atoms with E-state index >= 15 is 0 Å². The molecule has 0 atom stereocenters. The quantitative estimate of drug-likeness (QED) is 0.105. The zero-order valence-electron chi connectivity index (χ0n) is 43.2. The molecule has 3 aliphatic rings. The summed E-state index contributed by atoms with van der Waals surface area (Å²) < 4.78 is 56.2. The van der Waals surface area contributed by atoms with Crippen LogP contribution in [-0.2, 0) is 29.8 Å². The predicted molar refractivity (Wildman–Crippen MR) is 301 cm³/mol. The van der Waals surface area contributed by atoms with E-state index in [0.29, 0.717) is 29.7 Å². The summed E-state index contributed by atoms with van der Waals surface area (Å²) in [7, 11) is 0. The van der Waals surface area contributed by atoms with Crippen LogP contribution in [0.25, 0.3) is 33.4 Å². The molecule has 13 rings (SSSR count). The number of benzene rings is 10. The number of hydrogen-bond donors (Lipinski definition) is 0. The third-order valence-corrected chi connectivity index (χ3v) is 16.3.